The molecule has 0 aromatic carbocycles. The summed E-state index contributed by atoms with van der Waals surface area (Å²) in [6.07, 6.45) is 12.5. The van der Waals surface area contributed by atoms with Gasteiger partial charge in [-0.1, -0.05) is 19.3 Å². The van der Waals surface area contributed by atoms with Gasteiger partial charge in [-0.25, -0.2) is 0 Å². The normalized spacial score (nSPS) is 18.9. The minimum atomic E-state index is -0.109. The third-order valence-corrected chi connectivity index (χ3v) is 6.15. The van der Waals surface area contributed by atoms with Gasteiger partial charge < -0.3 is 14.6 Å². The van der Waals surface area contributed by atoms with Crippen LogP contribution in [0, 0.1) is 5.92 Å². The summed E-state index contributed by atoms with van der Waals surface area (Å²) in [6.45, 7) is 2.08. The Labute approximate surface area is 164 Å². The smallest absolute Gasteiger partial charge is 0.257 e. The SMILES string of the molecule is O=C(NCC1CCN(C(=O)c2cn[nH]c2C2CCCCC2)CC1)c1ccoc1. The van der Waals surface area contributed by atoms with Crippen LogP contribution in [-0.2, 0) is 0 Å². The Morgan fingerprint density at radius 3 is 2.68 bits per heavy atom. The van der Waals surface area contributed by atoms with Crippen LogP contribution in [0.25, 0.3) is 0 Å². The average Bonchev–Trinajstić information content (AvgIpc) is 3.45. The Bertz CT molecular complexity index is 784. The first kappa shape index (κ1) is 18.8. The van der Waals surface area contributed by atoms with E-state index in [4.69, 9.17) is 4.42 Å². The van der Waals surface area contributed by atoms with Crippen molar-refractivity contribution in [3.63, 3.8) is 0 Å². The fourth-order valence-corrected chi connectivity index (χ4v) is 4.41. The van der Waals surface area contributed by atoms with Gasteiger partial charge in [0, 0.05) is 25.6 Å². The van der Waals surface area contributed by atoms with E-state index in [0.29, 0.717) is 23.9 Å². The van der Waals surface area contributed by atoms with E-state index in [-0.39, 0.29) is 11.8 Å². The summed E-state index contributed by atoms with van der Waals surface area (Å²) in [4.78, 5) is 27.0. The van der Waals surface area contributed by atoms with Crippen molar-refractivity contribution in [2.24, 2.45) is 5.92 Å². The molecule has 0 radical (unpaired) electrons. The minimum Gasteiger partial charge on any atom is -0.472 e. The standard InChI is InChI=1S/C21H28N4O3/c26-20(17-8-11-28-14-17)22-12-15-6-9-25(10-7-15)21(27)18-13-23-24-19(18)16-4-2-1-3-5-16/h8,11,13-16H,1-7,9-10,12H2,(H,22,26)(H,23,24). The van der Waals surface area contributed by atoms with Crippen molar-refractivity contribution < 1.29 is 14.0 Å². The highest BCUT2D eigenvalue weighted by Gasteiger charge is 2.29. The Morgan fingerprint density at radius 1 is 1.18 bits per heavy atom. The highest BCUT2D eigenvalue weighted by atomic mass is 16.3. The summed E-state index contributed by atoms with van der Waals surface area (Å²) in [5.41, 5.74) is 2.32. The van der Waals surface area contributed by atoms with Crippen LogP contribution in [0.1, 0.15) is 77.3 Å². The molecular formula is C21H28N4O3. The number of likely N-dealkylation sites (tertiary alicyclic amines) is 1. The molecule has 0 unspecified atom stereocenters. The average molecular weight is 384 g/mol. The van der Waals surface area contributed by atoms with Crippen LogP contribution in [-0.4, -0.2) is 46.5 Å². The van der Waals surface area contributed by atoms with E-state index < -0.39 is 0 Å². The number of furan rings is 1. The lowest BCUT2D eigenvalue weighted by Crippen LogP contribution is -2.41. The Hall–Kier alpha value is -2.57. The second-order valence-electron chi connectivity index (χ2n) is 7.99. The summed E-state index contributed by atoms with van der Waals surface area (Å²) in [5, 5.41) is 10.2. The molecule has 2 aromatic heterocycles. The molecule has 2 N–H and O–H groups in total. The van der Waals surface area contributed by atoms with Crippen LogP contribution in [0.3, 0.4) is 0 Å². The number of nitrogens with zero attached hydrogens (tertiary/aromatic N) is 2. The molecule has 1 saturated carbocycles. The maximum Gasteiger partial charge on any atom is 0.257 e. The fraction of sp³-hybridized carbons (Fsp3) is 0.571. The Balaban J connectivity index is 1.29. The van der Waals surface area contributed by atoms with Crippen LogP contribution >= 0.6 is 0 Å². The van der Waals surface area contributed by atoms with E-state index >= 15 is 0 Å². The lowest BCUT2D eigenvalue weighted by molar-refractivity contribution is 0.0682. The lowest BCUT2D eigenvalue weighted by atomic mass is 9.85. The molecule has 0 atom stereocenters. The first-order valence-corrected chi connectivity index (χ1v) is 10.4. The summed E-state index contributed by atoms with van der Waals surface area (Å²) < 4.78 is 4.94. The molecule has 3 heterocycles. The molecule has 4 rings (SSSR count). The number of carbonyl (C=O) groups excluding carboxylic acids is 2. The number of carbonyl (C=O) groups is 2. The van der Waals surface area contributed by atoms with Gasteiger partial charge in [0.25, 0.3) is 11.8 Å². The van der Waals surface area contributed by atoms with E-state index in [1.54, 1.807) is 12.3 Å². The van der Waals surface area contributed by atoms with Gasteiger partial charge in [0.1, 0.15) is 6.26 Å². The fourth-order valence-electron chi connectivity index (χ4n) is 4.41. The zero-order valence-electron chi connectivity index (χ0n) is 16.2. The number of H-pyrrole nitrogens is 1. The number of aromatic amines is 1. The van der Waals surface area contributed by atoms with Gasteiger partial charge in [-0.05, 0) is 37.7 Å². The molecule has 1 aliphatic carbocycles. The van der Waals surface area contributed by atoms with Crippen molar-refractivity contribution in [2.75, 3.05) is 19.6 Å². The largest absolute Gasteiger partial charge is 0.472 e. The number of aromatic nitrogens is 2. The van der Waals surface area contributed by atoms with Crippen LogP contribution in [0.5, 0.6) is 0 Å². The van der Waals surface area contributed by atoms with Gasteiger partial charge in [0.15, 0.2) is 0 Å². The van der Waals surface area contributed by atoms with Crippen LogP contribution in [0.15, 0.2) is 29.2 Å². The molecular weight excluding hydrogens is 356 g/mol. The van der Waals surface area contributed by atoms with Gasteiger partial charge in [0.05, 0.1) is 29.3 Å². The zero-order valence-corrected chi connectivity index (χ0v) is 16.2. The maximum atomic E-state index is 13.0. The highest BCUT2D eigenvalue weighted by molar-refractivity contribution is 5.95. The molecule has 2 amide bonds. The van der Waals surface area contributed by atoms with Crippen molar-refractivity contribution in [1.29, 1.82) is 0 Å². The topological polar surface area (TPSA) is 91.2 Å². The minimum absolute atomic E-state index is 0.0928. The monoisotopic (exact) mass is 384 g/mol. The van der Waals surface area contributed by atoms with Gasteiger partial charge >= 0.3 is 0 Å². The summed E-state index contributed by atoms with van der Waals surface area (Å²) in [7, 11) is 0. The molecule has 2 aromatic rings. The summed E-state index contributed by atoms with van der Waals surface area (Å²) >= 11 is 0. The third-order valence-electron chi connectivity index (χ3n) is 6.15. The molecule has 2 aliphatic rings. The zero-order chi connectivity index (χ0) is 19.3. The van der Waals surface area contributed by atoms with Gasteiger partial charge in [-0.2, -0.15) is 5.10 Å². The molecule has 7 nitrogen and oxygen atoms in total. The van der Waals surface area contributed by atoms with Crippen molar-refractivity contribution in [2.45, 2.75) is 50.9 Å². The number of piperidine rings is 1. The quantitative estimate of drug-likeness (QED) is 0.827. The second kappa shape index (κ2) is 8.63. The van der Waals surface area contributed by atoms with Crippen molar-refractivity contribution in [3.8, 4) is 0 Å². The van der Waals surface area contributed by atoms with E-state index in [1.807, 2.05) is 4.90 Å². The third kappa shape index (κ3) is 4.13. The van der Waals surface area contributed by atoms with E-state index in [0.717, 1.165) is 50.0 Å². The number of nitrogens with one attached hydrogen (secondary N) is 2. The second-order valence-corrected chi connectivity index (χ2v) is 7.99. The van der Waals surface area contributed by atoms with E-state index in [1.165, 1.54) is 31.8 Å². The predicted molar refractivity (Wildman–Crippen MR) is 104 cm³/mol. The number of rotatable bonds is 5. The van der Waals surface area contributed by atoms with Crippen molar-refractivity contribution in [1.82, 2.24) is 20.4 Å². The molecule has 28 heavy (non-hydrogen) atoms. The van der Waals surface area contributed by atoms with Crippen LogP contribution < -0.4 is 5.32 Å². The van der Waals surface area contributed by atoms with Crippen molar-refractivity contribution >= 4 is 11.8 Å². The molecule has 150 valence electrons. The summed E-state index contributed by atoms with van der Waals surface area (Å²) in [5.74, 6) is 0.811. The summed E-state index contributed by atoms with van der Waals surface area (Å²) in [6, 6.07) is 1.66. The molecule has 1 aliphatic heterocycles. The van der Waals surface area contributed by atoms with Gasteiger partial charge in [-0.3, -0.25) is 14.7 Å². The molecule has 2 fully saturated rings. The molecule has 1 saturated heterocycles. The van der Waals surface area contributed by atoms with Crippen molar-refractivity contribution in [3.05, 3.63) is 41.6 Å². The van der Waals surface area contributed by atoms with Crippen LogP contribution in [0.2, 0.25) is 0 Å². The first-order chi connectivity index (χ1) is 13.7. The first-order valence-electron chi connectivity index (χ1n) is 10.4. The lowest BCUT2D eigenvalue weighted by Gasteiger charge is -2.32. The van der Waals surface area contributed by atoms with E-state index in [2.05, 4.69) is 15.5 Å². The number of amides is 2. The van der Waals surface area contributed by atoms with Crippen LogP contribution in [0.4, 0.5) is 0 Å². The maximum absolute atomic E-state index is 13.0. The number of hydrogen-bond acceptors (Lipinski definition) is 4. The van der Waals surface area contributed by atoms with Gasteiger partial charge in [0.2, 0.25) is 0 Å². The van der Waals surface area contributed by atoms with Gasteiger partial charge in [-0.15, -0.1) is 0 Å². The number of hydrogen-bond donors (Lipinski definition) is 2. The predicted octanol–water partition coefficient (Wildman–Crippen LogP) is 3.33. The Kier molecular flexibility index (Phi) is 5.78. The molecule has 7 heteroatoms. The molecule has 0 spiro atoms. The Morgan fingerprint density at radius 2 is 1.96 bits per heavy atom. The molecule has 0 bridgehead atoms. The highest BCUT2D eigenvalue weighted by Crippen LogP contribution is 2.33. The van der Waals surface area contributed by atoms with E-state index in [9.17, 15) is 9.59 Å².